The van der Waals surface area contributed by atoms with E-state index in [2.05, 4.69) is 10.6 Å². The molecule has 3 amide bonds. The summed E-state index contributed by atoms with van der Waals surface area (Å²) in [5, 5.41) is 5.80. The minimum absolute atomic E-state index is 0.265. The van der Waals surface area contributed by atoms with Gasteiger partial charge in [0.25, 0.3) is 0 Å². The minimum atomic E-state index is -0.914. The Balaban J connectivity index is 2.48. The summed E-state index contributed by atoms with van der Waals surface area (Å²) in [7, 11) is 0. The average molecular weight is 496 g/mol. The molecule has 2 aromatic carbocycles. The van der Waals surface area contributed by atoms with E-state index < -0.39 is 29.3 Å². The number of rotatable bonds is 9. The molecule has 2 unspecified atom stereocenters. The Morgan fingerprint density at radius 1 is 0.889 bits per heavy atom. The number of alkyl carbamates (subject to hydrolysis) is 1. The molecule has 196 valence electrons. The van der Waals surface area contributed by atoms with Gasteiger partial charge in [-0.1, -0.05) is 67.6 Å². The van der Waals surface area contributed by atoms with Gasteiger partial charge in [-0.05, 0) is 59.1 Å². The predicted octanol–water partition coefficient (Wildman–Crippen LogP) is 5.02. The summed E-state index contributed by atoms with van der Waals surface area (Å²) in [5.41, 5.74) is 0.395. The third kappa shape index (κ3) is 9.36. The lowest BCUT2D eigenvalue weighted by molar-refractivity contribution is -0.143. The number of amides is 3. The van der Waals surface area contributed by atoms with Gasteiger partial charge in [0.15, 0.2) is 0 Å². The molecule has 2 atom stereocenters. The second-order valence-electron chi connectivity index (χ2n) is 11.0. The van der Waals surface area contributed by atoms with Crippen LogP contribution in [0.25, 0.3) is 0 Å². The number of hydrogen-bond donors (Lipinski definition) is 2. The van der Waals surface area contributed by atoms with Gasteiger partial charge in [-0.3, -0.25) is 9.59 Å². The van der Waals surface area contributed by atoms with Gasteiger partial charge in [0.2, 0.25) is 11.8 Å². The zero-order chi connectivity index (χ0) is 26.9. The van der Waals surface area contributed by atoms with Gasteiger partial charge in [-0.15, -0.1) is 0 Å². The van der Waals surface area contributed by atoms with E-state index in [0.29, 0.717) is 18.5 Å². The third-order valence-electron chi connectivity index (χ3n) is 5.19. The Kier molecular flexibility index (Phi) is 10.1. The number of nitrogens with one attached hydrogen (secondary N) is 2. The van der Waals surface area contributed by atoms with Gasteiger partial charge in [-0.2, -0.15) is 0 Å². The lowest BCUT2D eigenvalue weighted by atomic mass is 9.99. The van der Waals surface area contributed by atoms with Crippen molar-refractivity contribution in [2.75, 3.05) is 6.54 Å². The number of carbonyl (C=O) groups is 3. The van der Waals surface area contributed by atoms with Crippen LogP contribution in [0.1, 0.15) is 72.1 Å². The summed E-state index contributed by atoms with van der Waals surface area (Å²) in [4.78, 5) is 41.9. The summed E-state index contributed by atoms with van der Waals surface area (Å²) in [6, 6.07) is 17.0. The van der Waals surface area contributed by atoms with Crippen molar-refractivity contribution in [1.29, 1.82) is 0 Å². The molecule has 2 aromatic rings. The van der Waals surface area contributed by atoms with Crippen LogP contribution in [0.4, 0.5) is 4.79 Å². The fourth-order valence-corrected chi connectivity index (χ4v) is 3.85. The third-order valence-corrected chi connectivity index (χ3v) is 5.19. The highest BCUT2D eigenvalue weighted by Gasteiger charge is 2.36. The molecule has 0 saturated carbocycles. The van der Waals surface area contributed by atoms with E-state index in [4.69, 9.17) is 4.74 Å². The van der Waals surface area contributed by atoms with Crippen molar-refractivity contribution in [3.63, 3.8) is 0 Å². The molecule has 0 saturated heterocycles. The van der Waals surface area contributed by atoms with E-state index in [1.54, 1.807) is 25.7 Å². The maximum atomic E-state index is 14.1. The number of ether oxygens (including phenoxy) is 1. The summed E-state index contributed by atoms with van der Waals surface area (Å²) < 4.78 is 5.45. The van der Waals surface area contributed by atoms with Gasteiger partial charge >= 0.3 is 6.09 Å². The van der Waals surface area contributed by atoms with E-state index in [-0.39, 0.29) is 18.2 Å². The molecule has 0 aliphatic heterocycles. The quantitative estimate of drug-likeness (QED) is 0.512. The molecule has 36 heavy (non-hydrogen) atoms. The lowest BCUT2D eigenvalue weighted by Gasteiger charge is -2.36. The maximum Gasteiger partial charge on any atom is 0.408 e. The fraction of sp³-hybridized carbons (Fsp3) is 0.483. The Morgan fingerprint density at radius 2 is 1.44 bits per heavy atom. The number of nitrogens with zero attached hydrogens (tertiary/aromatic N) is 1. The minimum Gasteiger partial charge on any atom is -0.444 e. The van der Waals surface area contributed by atoms with Crippen molar-refractivity contribution in [2.45, 2.75) is 84.5 Å². The molecule has 0 radical (unpaired) electrons. The average Bonchev–Trinajstić information content (AvgIpc) is 2.77. The van der Waals surface area contributed by atoms with Crippen molar-refractivity contribution in [1.82, 2.24) is 15.5 Å². The molecule has 7 heteroatoms. The standard InChI is InChI=1S/C29H41N3O4/c1-8-19-32(24(22-17-13-10-14-18-22)25(33)31-28(2,3)4)26(34)23(20-21-15-11-9-12-16-21)30-27(35)36-29(5,6)7/h9-18,23-24H,8,19-20H2,1-7H3,(H,30,35)(H,31,33). The monoisotopic (exact) mass is 495 g/mol. The maximum absolute atomic E-state index is 14.1. The van der Waals surface area contributed by atoms with Crippen LogP contribution in [-0.2, 0) is 20.7 Å². The van der Waals surface area contributed by atoms with E-state index in [1.165, 1.54) is 0 Å². The first-order valence-corrected chi connectivity index (χ1v) is 12.5. The predicted molar refractivity (Wildman–Crippen MR) is 142 cm³/mol. The molecular weight excluding hydrogens is 454 g/mol. The Morgan fingerprint density at radius 3 is 1.94 bits per heavy atom. The SMILES string of the molecule is CCCN(C(=O)C(Cc1ccccc1)NC(=O)OC(C)(C)C)C(C(=O)NC(C)(C)C)c1ccccc1. The molecule has 0 spiro atoms. The number of hydrogen-bond acceptors (Lipinski definition) is 4. The summed E-state index contributed by atoms with van der Waals surface area (Å²) >= 11 is 0. The highest BCUT2D eigenvalue weighted by molar-refractivity contribution is 5.92. The van der Waals surface area contributed by atoms with Crippen molar-refractivity contribution in [2.24, 2.45) is 0 Å². The molecule has 7 nitrogen and oxygen atoms in total. The molecule has 0 aliphatic carbocycles. The van der Waals surface area contributed by atoms with Crippen LogP contribution in [0.2, 0.25) is 0 Å². The molecule has 0 bridgehead atoms. The van der Waals surface area contributed by atoms with Gasteiger partial charge in [0.05, 0.1) is 0 Å². The summed E-state index contributed by atoms with van der Waals surface area (Å²) in [5.74, 6) is -0.615. The lowest BCUT2D eigenvalue weighted by Crippen LogP contribution is -2.55. The first-order chi connectivity index (χ1) is 16.8. The normalized spacial score (nSPS) is 13.3. The van der Waals surface area contributed by atoms with E-state index in [1.807, 2.05) is 88.4 Å². The summed E-state index contributed by atoms with van der Waals surface area (Å²) in [6.45, 7) is 13.3. The van der Waals surface area contributed by atoms with Crippen LogP contribution in [0.5, 0.6) is 0 Å². The Bertz CT molecular complexity index is 995. The summed E-state index contributed by atoms with van der Waals surface area (Å²) in [6.07, 6.45) is 0.229. The van der Waals surface area contributed by atoms with Crippen LogP contribution in [0.3, 0.4) is 0 Å². The first kappa shape index (κ1) is 28.9. The molecule has 2 rings (SSSR count). The Labute approximate surface area is 215 Å². The van der Waals surface area contributed by atoms with E-state index in [9.17, 15) is 14.4 Å². The topological polar surface area (TPSA) is 87.7 Å². The first-order valence-electron chi connectivity index (χ1n) is 12.5. The highest BCUT2D eigenvalue weighted by Crippen LogP contribution is 2.24. The van der Waals surface area contributed by atoms with Crippen molar-refractivity contribution in [3.8, 4) is 0 Å². The van der Waals surface area contributed by atoms with Crippen molar-refractivity contribution < 1.29 is 19.1 Å². The van der Waals surface area contributed by atoms with Crippen LogP contribution in [0, 0.1) is 0 Å². The zero-order valence-corrected chi connectivity index (χ0v) is 22.6. The van der Waals surface area contributed by atoms with Crippen LogP contribution >= 0.6 is 0 Å². The van der Waals surface area contributed by atoms with Crippen molar-refractivity contribution in [3.05, 3.63) is 71.8 Å². The molecule has 0 aromatic heterocycles. The number of benzene rings is 2. The molecule has 0 fully saturated rings. The Hall–Kier alpha value is -3.35. The zero-order valence-electron chi connectivity index (χ0n) is 22.6. The van der Waals surface area contributed by atoms with Crippen LogP contribution in [-0.4, -0.2) is 46.5 Å². The number of carbonyl (C=O) groups excluding carboxylic acids is 3. The second-order valence-corrected chi connectivity index (χ2v) is 11.0. The van der Waals surface area contributed by atoms with E-state index >= 15 is 0 Å². The largest absolute Gasteiger partial charge is 0.444 e. The fourth-order valence-electron chi connectivity index (χ4n) is 3.85. The van der Waals surface area contributed by atoms with Crippen LogP contribution < -0.4 is 10.6 Å². The smallest absolute Gasteiger partial charge is 0.408 e. The second kappa shape index (κ2) is 12.6. The molecule has 0 heterocycles. The van der Waals surface area contributed by atoms with Crippen molar-refractivity contribution >= 4 is 17.9 Å². The van der Waals surface area contributed by atoms with Gasteiger partial charge in [-0.25, -0.2) is 4.79 Å². The van der Waals surface area contributed by atoms with Gasteiger partial charge < -0.3 is 20.3 Å². The highest BCUT2D eigenvalue weighted by atomic mass is 16.6. The van der Waals surface area contributed by atoms with E-state index in [0.717, 1.165) is 5.56 Å². The molecular formula is C29H41N3O4. The van der Waals surface area contributed by atoms with Gasteiger partial charge in [0, 0.05) is 18.5 Å². The molecule has 2 N–H and O–H groups in total. The van der Waals surface area contributed by atoms with Gasteiger partial charge in [0.1, 0.15) is 17.7 Å². The van der Waals surface area contributed by atoms with Crippen LogP contribution in [0.15, 0.2) is 60.7 Å². The molecule has 0 aliphatic rings.